The second kappa shape index (κ2) is 5.39. The number of nitrogens with zero attached hydrogens (tertiary/aromatic N) is 1. The van der Waals surface area contributed by atoms with Gasteiger partial charge in [0, 0.05) is 30.2 Å². The van der Waals surface area contributed by atoms with Gasteiger partial charge in [-0.15, -0.1) is 0 Å². The molecule has 0 bridgehead atoms. The molecule has 0 aliphatic carbocycles. The summed E-state index contributed by atoms with van der Waals surface area (Å²) >= 11 is 5.97. The molecule has 4 nitrogen and oxygen atoms in total. The van der Waals surface area contributed by atoms with Crippen LogP contribution in [0.25, 0.3) is 0 Å². The maximum Gasteiger partial charge on any atom is 0.257 e. The van der Waals surface area contributed by atoms with Gasteiger partial charge in [-0.05, 0) is 32.0 Å². The number of benzene rings is 1. The van der Waals surface area contributed by atoms with Crippen LogP contribution in [0.4, 0.5) is 0 Å². The molecule has 2 rings (SSSR count). The quantitative estimate of drug-likeness (QED) is 0.904. The summed E-state index contributed by atoms with van der Waals surface area (Å²) in [5.41, 5.74) is 0.451. The molecule has 1 amide bonds. The standard InChI is InChI=1S/C14H19ClN2O2/c1-14(2)9-17(7-6-16-14)13(18)11-8-10(15)4-5-12(11)19-3/h4-5,8,16H,6-7,9H2,1-3H3. The van der Waals surface area contributed by atoms with E-state index in [4.69, 9.17) is 16.3 Å². The summed E-state index contributed by atoms with van der Waals surface area (Å²) in [5.74, 6) is 0.527. The lowest BCUT2D eigenvalue weighted by atomic mass is 10.0. The molecule has 1 aromatic rings. The number of carbonyl (C=O) groups excluding carboxylic acids is 1. The smallest absolute Gasteiger partial charge is 0.257 e. The lowest BCUT2D eigenvalue weighted by Gasteiger charge is -2.39. The first-order valence-electron chi connectivity index (χ1n) is 6.31. The van der Waals surface area contributed by atoms with Crippen molar-refractivity contribution in [2.75, 3.05) is 26.7 Å². The highest BCUT2D eigenvalue weighted by molar-refractivity contribution is 6.31. The van der Waals surface area contributed by atoms with Crippen molar-refractivity contribution in [2.24, 2.45) is 0 Å². The second-order valence-corrected chi connectivity index (χ2v) is 5.82. The summed E-state index contributed by atoms with van der Waals surface area (Å²) in [7, 11) is 1.56. The van der Waals surface area contributed by atoms with Crippen LogP contribution in [-0.2, 0) is 0 Å². The molecule has 1 saturated heterocycles. The van der Waals surface area contributed by atoms with Gasteiger partial charge in [-0.1, -0.05) is 11.6 Å². The number of ether oxygens (including phenoxy) is 1. The van der Waals surface area contributed by atoms with Crippen molar-refractivity contribution in [2.45, 2.75) is 19.4 Å². The maximum atomic E-state index is 12.6. The summed E-state index contributed by atoms with van der Waals surface area (Å²) in [6.45, 7) is 6.32. The number of hydrogen-bond acceptors (Lipinski definition) is 3. The van der Waals surface area contributed by atoms with Gasteiger partial charge in [0.2, 0.25) is 0 Å². The number of halogens is 1. The SMILES string of the molecule is COc1ccc(Cl)cc1C(=O)N1CCNC(C)(C)C1. The zero-order chi connectivity index (χ0) is 14.0. The topological polar surface area (TPSA) is 41.6 Å². The first kappa shape index (κ1) is 14.2. The molecule has 0 spiro atoms. The van der Waals surface area contributed by atoms with E-state index in [2.05, 4.69) is 19.2 Å². The number of methoxy groups -OCH3 is 1. The summed E-state index contributed by atoms with van der Waals surface area (Å²) < 4.78 is 5.24. The van der Waals surface area contributed by atoms with Gasteiger partial charge in [0.1, 0.15) is 5.75 Å². The van der Waals surface area contributed by atoms with E-state index < -0.39 is 0 Å². The van der Waals surface area contributed by atoms with Crippen LogP contribution in [0, 0.1) is 0 Å². The van der Waals surface area contributed by atoms with Crippen molar-refractivity contribution in [3.8, 4) is 5.75 Å². The molecule has 1 aliphatic heterocycles. The average Bonchev–Trinajstić information content (AvgIpc) is 2.36. The minimum Gasteiger partial charge on any atom is -0.496 e. The van der Waals surface area contributed by atoms with E-state index in [9.17, 15) is 4.79 Å². The third-order valence-electron chi connectivity index (χ3n) is 3.25. The molecule has 1 N–H and O–H groups in total. The monoisotopic (exact) mass is 282 g/mol. The Morgan fingerprint density at radius 2 is 2.21 bits per heavy atom. The van der Waals surface area contributed by atoms with Crippen molar-refractivity contribution in [1.82, 2.24) is 10.2 Å². The highest BCUT2D eigenvalue weighted by atomic mass is 35.5. The molecule has 1 fully saturated rings. The summed E-state index contributed by atoms with van der Waals surface area (Å²) in [4.78, 5) is 14.4. The minimum atomic E-state index is -0.0697. The van der Waals surface area contributed by atoms with E-state index in [1.54, 1.807) is 25.3 Å². The molecule has 0 unspecified atom stereocenters. The van der Waals surface area contributed by atoms with Crippen molar-refractivity contribution in [1.29, 1.82) is 0 Å². The van der Waals surface area contributed by atoms with Gasteiger partial charge < -0.3 is 15.0 Å². The van der Waals surface area contributed by atoms with E-state index in [1.807, 2.05) is 4.90 Å². The first-order valence-corrected chi connectivity index (χ1v) is 6.68. The summed E-state index contributed by atoms with van der Waals surface area (Å²) in [6, 6.07) is 5.11. The van der Waals surface area contributed by atoms with Crippen LogP contribution in [0.2, 0.25) is 5.02 Å². The fourth-order valence-electron chi connectivity index (χ4n) is 2.33. The predicted molar refractivity (Wildman–Crippen MR) is 76.0 cm³/mol. The van der Waals surface area contributed by atoms with Crippen LogP contribution in [-0.4, -0.2) is 43.1 Å². The van der Waals surface area contributed by atoms with E-state index in [-0.39, 0.29) is 11.4 Å². The molecule has 0 radical (unpaired) electrons. The fourth-order valence-corrected chi connectivity index (χ4v) is 2.50. The molecular formula is C14H19ClN2O2. The van der Waals surface area contributed by atoms with Crippen molar-refractivity contribution in [3.63, 3.8) is 0 Å². The maximum absolute atomic E-state index is 12.6. The number of nitrogens with one attached hydrogen (secondary N) is 1. The van der Waals surface area contributed by atoms with Gasteiger partial charge in [0.05, 0.1) is 12.7 Å². The Bertz CT molecular complexity index is 488. The Kier molecular flexibility index (Phi) is 4.02. The molecule has 19 heavy (non-hydrogen) atoms. The third kappa shape index (κ3) is 3.19. The molecular weight excluding hydrogens is 264 g/mol. The third-order valence-corrected chi connectivity index (χ3v) is 3.49. The summed E-state index contributed by atoms with van der Waals surface area (Å²) in [5, 5.41) is 3.92. The van der Waals surface area contributed by atoms with Crippen molar-refractivity contribution >= 4 is 17.5 Å². The number of rotatable bonds is 2. The summed E-state index contributed by atoms with van der Waals surface area (Å²) in [6.07, 6.45) is 0. The number of hydrogen-bond donors (Lipinski definition) is 1. The van der Waals surface area contributed by atoms with E-state index in [0.717, 1.165) is 6.54 Å². The largest absolute Gasteiger partial charge is 0.496 e. The van der Waals surface area contributed by atoms with E-state index >= 15 is 0 Å². The van der Waals surface area contributed by atoms with Gasteiger partial charge in [0.25, 0.3) is 5.91 Å². The van der Waals surface area contributed by atoms with Gasteiger partial charge in [-0.2, -0.15) is 0 Å². The predicted octanol–water partition coefficient (Wildman–Crippen LogP) is 2.17. The Morgan fingerprint density at radius 1 is 1.47 bits per heavy atom. The Labute approximate surface area is 118 Å². The molecule has 0 aromatic heterocycles. The minimum absolute atomic E-state index is 0.0334. The molecule has 104 valence electrons. The molecule has 1 aliphatic rings. The van der Waals surface area contributed by atoms with Gasteiger partial charge >= 0.3 is 0 Å². The highest BCUT2D eigenvalue weighted by Gasteiger charge is 2.30. The van der Waals surface area contributed by atoms with Crippen LogP contribution < -0.4 is 10.1 Å². The number of amides is 1. The Balaban J connectivity index is 2.26. The fraction of sp³-hybridized carbons (Fsp3) is 0.500. The van der Waals surface area contributed by atoms with E-state index in [1.165, 1.54) is 0 Å². The van der Waals surface area contributed by atoms with Crippen LogP contribution in [0.1, 0.15) is 24.2 Å². The van der Waals surface area contributed by atoms with Crippen LogP contribution >= 0.6 is 11.6 Å². The Morgan fingerprint density at radius 3 is 2.84 bits per heavy atom. The van der Waals surface area contributed by atoms with Crippen molar-refractivity contribution < 1.29 is 9.53 Å². The molecule has 0 saturated carbocycles. The number of carbonyl (C=O) groups is 1. The van der Waals surface area contributed by atoms with Gasteiger partial charge in [0.15, 0.2) is 0 Å². The molecule has 0 atom stereocenters. The molecule has 1 heterocycles. The van der Waals surface area contributed by atoms with Gasteiger partial charge in [-0.3, -0.25) is 4.79 Å². The first-order chi connectivity index (χ1) is 8.93. The number of piperazine rings is 1. The van der Waals surface area contributed by atoms with E-state index in [0.29, 0.717) is 29.4 Å². The lowest BCUT2D eigenvalue weighted by Crippen LogP contribution is -2.58. The Hall–Kier alpha value is -1.26. The second-order valence-electron chi connectivity index (χ2n) is 5.38. The van der Waals surface area contributed by atoms with Gasteiger partial charge in [-0.25, -0.2) is 0 Å². The van der Waals surface area contributed by atoms with Crippen LogP contribution in [0.15, 0.2) is 18.2 Å². The van der Waals surface area contributed by atoms with Crippen LogP contribution in [0.3, 0.4) is 0 Å². The average molecular weight is 283 g/mol. The normalized spacial score (nSPS) is 18.2. The zero-order valence-electron chi connectivity index (χ0n) is 11.5. The highest BCUT2D eigenvalue weighted by Crippen LogP contribution is 2.25. The van der Waals surface area contributed by atoms with Crippen LogP contribution in [0.5, 0.6) is 5.75 Å². The van der Waals surface area contributed by atoms with Crippen molar-refractivity contribution in [3.05, 3.63) is 28.8 Å². The molecule has 5 heteroatoms. The molecule has 1 aromatic carbocycles. The zero-order valence-corrected chi connectivity index (χ0v) is 12.3. The lowest BCUT2D eigenvalue weighted by molar-refractivity contribution is 0.0649.